The van der Waals surface area contributed by atoms with Gasteiger partial charge in [0, 0.05) is 11.0 Å². The first kappa shape index (κ1) is 10.7. The number of hydrogen-bond donors (Lipinski definition) is 2. The highest BCUT2D eigenvalue weighted by molar-refractivity contribution is 9.10. The Morgan fingerprint density at radius 2 is 2.00 bits per heavy atom. The lowest BCUT2D eigenvalue weighted by atomic mass is 10.1. The molecule has 0 aromatic heterocycles. The summed E-state index contributed by atoms with van der Waals surface area (Å²) in [7, 11) is 0. The first-order valence-electron chi connectivity index (χ1n) is 4.38. The van der Waals surface area contributed by atoms with E-state index in [0.717, 1.165) is 16.6 Å². The highest BCUT2D eigenvalue weighted by atomic mass is 79.9. The van der Waals surface area contributed by atoms with E-state index < -0.39 is 6.10 Å². The second-order valence-electron chi connectivity index (χ2n) is 2.88. The van der Waals surface area contributed by atoms with Crippen LogP contribution in [-0.2, 0) is 0 Å². The van der Waals surface area contributed by atoms with Gasteiger partial charge in [-0.3, -0.25) is 0 Å². The summed E-state index contributed by atoms with van der Waals surface area (Å²) in [6, 6.07) is 7.72. The van der Waals surface area contributed by atoms with Crippen molar-refractivity contribution in [3.05, 3.63) is 34.3 Å². The summed E-state index contributed by atoms with van der Waals surface area (Å²) in [6.07, 6.45) is -0.409. The average Bonchev–Trinajstić information content (AvgIpc) is 2.15. The summed E-state index contributed by atoms with van der Waals surface area (Å²) in [5.74, 6) is 0. The summed E-state index contributed by atoms with van der Waals surface area (Å²) < 4.78 is 1.03. The number of nitrogens with one attached hydrogen (secondary N) is 1. The zero-order valence-electron chi connectivity index (χ0n) is 7.63. The van der Waals surface area contributed by atoms with E-state index in [1.807, 2.05) is 31.2 Å². The van der Waals surface area contributed by atoms with Crippen molar-refractivity contribution in [3.8, 4) is 0 Å². The Bertz CT molecular complexity index is 248. The van der Waals surface area contributed by atoms with Crippen LogP contribution in [0.1, 0.15) is 18.6 Å². The maximum atomic E-state index is 9.66. The maximum absolute atomic E-state index is 9.66. The SMILES string of the molecule is CCNC[C@H](O)c1ccc(Br)cc1. The molecule has 1 rings (SSSR count). The summed E-state index contributed by atoms with van der Waals surface area (Å²) in [4.78, 5) is 0. The van der Waals surface area contributed by atoms with Crippen LogP contribution in [0.4, 0.5) is 0 Å². The molecular weight excluding hydrogens is 230 g/mol. The van der Waals surface area contributed by atoms with Crippen LogP contribution in [0.2, 0.25) is 0 Å². The van der Waals surface area contributed by atoms with E-state index in [1.54, 1.807) is 0 Å². The quantitative estimate of drug-likeness (QED) is 0.850. The van der Waals surface area contributed by atoms with Crippen molar-refractivity contribution in [2.75, 3.05) is 13.1 Å². The van der Waals surface area contributed by atoms with Gasteiger partial charge in [0.25, 0.3) is 0 Å². The minimum atomic E-state index is -0.409. The Labute approximate surface area is 87.1 Å². The molecule has 0 aliphatic heterocycles. The van der Waals surface area contributed by atoms with Crippen molar-refractivity contribution in [1.82, 2.24) is 5.32 Å². The van der Waals surface area contributed by atoms with Gasteiger partial charge in [-0.2, -0.15) is 0 Å². The second kappa shape index (κ2) is 5.37. The predicted octanol–water partition coefficient (Wildman–Crippen LogP) is 2.09. The minimum Gasteiger partial charge on any atom is -0.387 e. The van der Waals surface area contributed by atoms with E-state index in [0.29, 0.717) is 6.54 Å². The number of benzene rings is 1. The zero-order chi connectivity index (χ0) is 9.68. The Morgan fingerprint density at radius 1 is 1.38 bits per heavy atom. The Balaban J connectivity index is 2.55. The molecule has 0 aliphatic carbocycles. The van der Waals surface area contributed by atoms with Crippen molar-refractivity contribution in [3.63, 3.8) is 0 Å². The highest BCUT2D eigenvalue weighted by Crippen LogP contribution is 2.15. The minimum absolute atomic E-state index is 0.409. The number of rotatable bonds is 4. The fourth-order valence-corrected chi connectivity index (χ4v) is 1.35. The van der Waals surface area contributed by atoms with Gasteiger partial charge in [0.2, 0.25) is 0 Å². The van der Waals surface area contributed by atoms with Gasteiger partial charge in [0.05, 0.1) is 6.10 Å². The van der Waals surface area contributed by atoms with Crippen molar-refractivity contribution in [2.24, 2.45) is 0 Å². The van der Waals surface area contributed by atoms with Gasteiger partial charge in [0.15, 0.2) is 0 Å². The standard InChI is InChI=1S/C10H14BrNO/c1-2-12-7-10(13)8-3-5-9(11)6-4-8/h3-6,10,12-13H,2,7H2,1H3/t10-/m0/s1. The molecule has 0 saturated heterocycles. The summed E-state index contributed by atoms with van der Waals surface area (Å²) in [5, 5.41) is 12.8. The van der Waals surface area contributed by atoms with Gasteiger partial charge in [-0.05, 0) is 24.2 Å². The van der Waals surface area contributed by atoms with E-state index in [-0.39, 0.29) is 0 Å². The van der Waals surface area contributed by atoms with Gasteiger partial charge in [0.1, 0.15) is 0 Å². The molecule has 0 bridgehead atoms. The van der Waals surface area contributed by atoms with Crippen LogP contribution in [0.5, 0.6) is 0 Å². The van der Waals surface area contributed by atoms with Gasteiger partial charge in [-0.1, -0.05) is 35.0 Å². The number of aliphatic hydroxyl groups excluding tert-OH is 1. The molecule has 1 aromatic rings. The van der Waals surface area contributed by atoms with Crippen LogP contribution in [-0.4, -0.2) is 18.2 Å². The lowest BCUT2D eigenvalue weighted by molar-refractivity contribution is 0.175. The highest BCUT2D eigenvalue weighted by Gasteiger charge is 2.05. The summed E-state index contributed by atoms with van der Waals surface area (Å²) in [6.45, 7) is 3.51. The van der Waals surface area contributed by atoms with Crippen LogP contribution in [0.15, 0.2) is 28.7 Å². The number of halogens is 1. The third-order valence-corrected chi connectivity index (χ3v) is 2.37. The number of likely N-dealkylation sites (N-methyl/N-ethyl adjacent to an activating group) is 1. The first-order valence-corrected chi connectivity index (χ1v) is 5.17. The van der Waals surface area contributed by atoms with E-state index >= 15 is 0 Å². The second-order valence-corrected chi connectivity index (χ2v) is 3.79. The van der Waals surface area contributed by atoms with Gasteiger partial charge >= 0.3 is 0 Å². The molecule has 0 aliphatic rings. The largest absolute Gasteiger partial charge is 0.387 e. The zero-order valence-corrected chi connectivity index (χ0v) is 9.21. The number of hydrogen-bond acceptors (Lipinski definition) is 2. The van der Waals surface area contributed by atoms with Crippen LogP contribution >= 0.6 is 15.9 Å². The molecule has 13 heavy (non-hydrogen) atoms. The van der Waals surface area contributed by atoms with Crippen LogP contribution in [0.3, 0.4) is 0 Å². The van der Waals surface area contributed by atoms with Crippen molar-refractivity contribution >= 4 is 15.9 Å². The van der Waals surface area contributed by atoms with Crippen LogP contribution in [0, 0.1) is 0 Å². The molecule has 2 nitrogen and oxygen atoms in total. The summed E-state index contributed by atoms with van der Waals surface area (Å²) >= 11 is 3.35. The van der Waals surface area contributed by atoms with E-state index in [1.165, 1.54) is 0 Å². The molecule has 0 spiro atoms. The average molecular weight is 244 g/mol. The molecule has 3 heteroatoms. The normalized spacial score (nSPS) is 12.8. The Hall–Kier alpha value is -0.380. The molecule has 0 amide bonds. The van der Waals surface area contributed by atoms with Crippen LogP contribution in [0.25, 0.3) is 0 Å². The smallest absolute Gasteiger partial charge is 0.0914 e. The van der Waals surface area contributed by atoms with Gasteiger partial charge in [-0.25, -0.2) is 0 Å². The fourth-order valence-electron chi connectivity index (χ4n) is 1.08. The molecule has 0 radical (unpaired) electrons. The molecule has 0 unspecified atom stereocenters. The lowest BCUT2D eigenvalue weighted by Gasteiger charge is -2.10. The topological polar surface area (TPSA) is 32.3 Å². The number of aliphatic hydroxyl groups is 1. The van der Waals surface area contributed by atoms with Crippen molar-refractivity contribution < 1.29 is 5.11 Å². The molecule has 1 atom stereocenters. The molecule has 1 aromatic carbocycles. The predicted molar refractivity (Wildman–Crippen MR) is 57.6 cm³/mol. The van der Waals surface area contributed by atoms with Crippen molar-refractivity contribution in [1.29, 1.82) is 0 Å². The monoisotopic (exact) mass is 243 g/mol. The van der Waals surface area contributed by atoms with Crippen molar-refractivity contribution in [2.45, 2.75) is 13.0 Å². The van der Waals surface area contributed by atoms with Gasteiger partial charge in [-0.15, -0.1) is 0 Å². The molecule has 0 fully saturated rings. The van der Waals surface area contributed by atoms with E-state index in [4.69, 9.17) is 0 Å². The third kappa shape index (κ3) is 3.46. The summed E-state index contributed by atoms with van der Waals surface area (Å²) in [5.41, 5.74) is 0.948. The Morgan fingerprint density at radius 3 is 2.54 bits per heavy atom. The maximum Gasteiger partial charge on any atom is 0.0914 e. The molecule has 2 N–H and O–H groups in total. The van der Waals surface area contributed by atoms with E-state index in [9.17, 15) is 5.11 Å². The first-order chi connectivity index (χ1) is 6.24. The third-order valence-electron chi connectivity index (χ3n) is 1.84. The molecule has 0 saturated carbocycles. The van der Waals surface area contributed by atoms with Gasteiger partial charge < -0.3 is 10.4 Å². The molecule has 72 valence electrons. The van der Waals surface area contributed by atoms with E-state index in [2.05, 4.69) is 21.2 Å². The van der Waals surface area contributed by atoms with Crippen LogP contribution < -0.4 is 5.32 Å². The molecule has 0 heterocycles. The lowest BCUT2D eigenvalue weighted by Crippen LogP contribution is -2.20. The fraction of sp³-hybridized carbons (Fsp3) is 0.400. The Kier molecular flexibility index (Phi) is 4.42. The molecular formula is C10H14BrNO.